The highest BCUT2D eigenvalue weighted by Gasteiger charge is 2.22. The number of aromatic nitrogens is 1. The SMILES string of the molecule is CCNC(=NCC(O)COCC1CC1)NC1CCN(c2ccc(C)cn2)CC1. The first kappa shape index (κ1) is 20.9. The van der Waals surface area contributed by atoms with Gasteiger partial charge in [0.1, 0.15) is 5.82 Å². The molecule has 1 saturated carbocycles. The summed E-state index contributed by atoms with van der Waals surface area (Å²) in [6.07, 6.45) is 5.97. The Morgan fingerprint density at radius 3 is 2.75 bits per heavy atom. The highest BCUT2D eigenvalue weighted by Crippen LogP contribution is 2.28. The van der Waals surface area contributed by atoms with Crippen molar-refractivity contribution in [3.05, 3.63) is 23.9 Å². The van der Waals surface area contributed by atoms with Crippen molar-refractivity contribution in [2.45, 2.75) is 51.7 Å². The summed E-state index contributed by atoms with van der Waals surface area (Å²) < 4.78 is 5.55. The molecule has 0 spiro atoms. The van der Waals surface area contributed by atoms with Crippen molar-refractivity contribution in [3.8, 4) is 0 Å². The van der Waals surface area contributed by atoms with Gasteiger partial charge in [-0.05, 0) is 57.1 Å². The number of aryl methyl sites for hydroxylation is 1. The second-order valence-electron chi connectivity index (χ2n) is 7.95. The number of hydrogen-bond acceptors (Lipinski definition) is 5. The number of piperidine rings is 1. The van der Waals surface area contributed by atoms with Crippen molar-refractivity contribution in [3.63, 3.8) is 0 Å². The zero-order chi connectivity index (χ0) is 19.8. The molecule has 1 aromatic rings. The van der Waals surface area contributed by atoms with E-state index in [1.165, 1.54) is 18.4 Å². The number of nitrogens with one attached hydrogen (secondary N) is 2. The van der Waals surface area contributed by atoms with Crippen LogP contribution >= 0.6 is 0 Å². The van der Waals surface area contributed by atoms with E-state index in [1.807, 2.05) is 6.20 Å². The van der Waals surface area contributed by atoms with Gasteiger partial charge in [-0.3, -0.25) is 4.99 Å². The second kappa shape index (κ2) is 10.6. The molecule has 2 heterocycles. The molecule has 0 aromatic carbocycles. The Hall–Kier alpha value is -1.86. The van der Waals surface area contributed by atoms with Gasteiger partial charge >= 0.3 is 0 Å². The smallest absolute Gasteiger partial charge is 0.191 e. The fourth-order valence-electron chi connectivity index (χ4n) is 3.32. The molecule has 3 N–H and O–H groups in total. The van der Waals surface area contributed by atoms with E-state index in [-0.39, 0.29) is 0 Å². The van der Waals surface area contributed by atoms with Crippen molar-refractivity contribution in [1.82, 2.24) is 15.6 Å². The Bertz CT molecular complexity index is 610. The monoisotopic (exact) mass is 389 g/mol. The van der Waals surface area contributed by atoms with E-state index < -0.39 is 6.10 Å². The second-order valence-corrected chi connectivity index (χ2v) is 7.95. The molecule has 28 heavy (non-hydrogen) atoms. The molecule has 0 amide bonds. The van der Waals surface area contributed by atoms with E-state index in [1.54, 1.807) is 0 Å². The zero-order valence-electron chi connectivity index (χ0n) is 17.2. The van der Waals surface area contributed by atoms with Crippen molar-refractivity contribution >= 4 is 11.8 Å². The first-order valence-corrected chi connectivity index (χ1v) is 10.6. The van der Waals surface area contributed by atoms with Crippen LogP contribution in [0.15, 0.2) is 23.3 Å². The van der Waals surface area contributed by atoms with E-state index in [2.05, 4.69) is 51.5 Å². The number of nitrogens with zero attached hydrogens (tertiary/aromatic N) is 3. The molecule has 1 unspecified atom stereocenters. The first-order chi connectivity index (χ1) is 13.6. The molecule has 2 aliphatic rings. The van der Waals surface area contributed by atoms with Crippen LogP contribution in [0.5, 0.6) is 0 Å². The Labute approximate surface area is 168 Å². The molecule has 0 radical (unpaired) electrons. The van der Waals surface area contributed by atoms with Gasteiger partial charge in [-0.15, -0.1) is 0 Å². The summed E-state index contributed by atoms with van der Waals surface area (Å²) in [5.41, 5.74) is 1.19. The van der Waals surface area contributed by atoms with Gasteiger partial charge in [-0.2, -0.15) is 0 Å². The Morgan fingerprint density at radius 2 is 2.11 bits per heavy atom. The van der Waals surface area contributed by atoms with Crippen LogP contribution in [0.2, 0.25) is 0 Å². The molecule has 156 valence electrons. The molecule has 1 aliphatic carbocycles. The minimum Gasteiger partial charge on any atom is -0.389 e. The lowest BCUT2D eigenvalue weighted by Gasteiger charge is -2.34. The standard InChI is InChI=1S/C21H35N5O2/c1-3-22-21(24-13-19(27)15-28-14-17-5-6-17)25-18-8-10-26(11-9-18)20-7-4-16(2)12-23-20/h4,7,12,17-19,27H,3,5-6,8-11,13-15H2,1-2H3,(H2,22,24,25). The summed E-state index contributed by atoms with van der Waals surface area (Å²) in [5.74, 6) is 2.55. The van der Waals surface area contributed by atoms with Crippen LogP contribution in [0.25, 0.3) is 0 Å². The van der Waals surface area contributed by atoms with E-state index in [0.29, 0.717) is 19.2 Å². The summed E-state index contributed by atoms with van der Waals surface area (Å²) in [6.45, 7) is 8.35. The van der Waals surface area contributed by atoms with Crippen LogP contribution < -0.4 is 15.5 Å². The fraction of sp³-hybridized carbons (Fsp3) is 0.714. The Morgan fingerprint density at radius 1 is 1.32 bits per heavy atom. The molecular formula is C21H35N5O2. The number of aliphatic imine (C=N–C) groups is 1. The van der Waals surface area contributed by atoms with Crippen molar-refractivity contribution in [2.24, 2.45) is 10.9 Å². The topological polar surface area (TPSA) is 82.0 Å². The largest absolute Gasteiger partial charge is 0.389 e. The van der Waals surface area contributed by atoms with Gasteiger partial charge < -0.3 is 25.4 Å². The summed E-state index contributed by atoms with van der Waals surface area (Å²) in [4.78, 5) is 11.4. The Kier molecular flexibility index (Phi) is 7.91. The van der Waals surface area contributed by atoms with Gasteiger partial charge in [0.25, 0.3) is 0 Å². The van der Waals surface area contributed by atoms with Crippen LogP contribution in [0.1, 0.15) is 38.2 Å². The molecule has 7 heteroatoms. The molecule has 7 nitrogen and oxygen atoms in total. The van der Waals surface area contributed by atoms with Crippen LogP contribution in [-0.4, -0.2) is 67.6 Å². The van der Waals surface area contributed by atoms with Gasteiger partial charge in [0.15, 0.2) is 5.96 Å². The van der Waals surface area contributed by atoms with E-state index in [4.69, 9.17) is 4.74 Å². The van der Waals surface area contributed by atoms with E-state index in [9.17, 15) is 5.11 Å². The third kappa shape index (κ3) is 6.95. The van der Waals surface area contributed by atoms with E-state index in [0.717, 1.165) is 56.8 Å². The van der Waals surface area contributed by atoms with Gasteiger partial charge in [-0.25, -0.2) is 4.98 Å². The lowest BCUT2D eigenvalue weighted by atomic mass is 10.1. The van der Waals surface area contributed by atoms with Crippen LogP contribution in [-0.2, 0) is 4.74 Å². The number of anilines is 1. The summed E-state index contributed by atoms with van der Waals surface area (Å²) in [6, 6.07) is 4.59. The first-order valence-electron chi connectivity index (χ1n) is 10.6. The number of hydrogen-bond donors (Lipinski definition) is 3. The average molecular weight is 390 g/mol. The predicted octanol–water partition coefficient (Wildman–Crippen LogP) is 1.70. The number of rotatable bonds is 9. The molecule has 1 saturated heterocycles. The lowest BCUT2D eigenvalue weighted by Crippen LogP contribution is -2.49. The molecular weight excluding hydrogens is 354 g/mol. The van der Waals surface area contributed by atoms with Gasteiger partial charge in [-0.1, -0.05) is 6.07 Å². The summed E-state index contributed by atoms with van der Waals surface area (Å²) in [7, 11) is 0. The number of aliphatic hydroxyl groups excluding tert-OH is 1. The molecule has 0 bridgehead atoms. The Balaban J connectivity index is 1.41. The minimum atomic E-state index is -0.552. The van der Waals surface area contributed by atoms with Gasteiger partial charge in [0, 0.05) is 38.5 Å². The normalized spacial score (nSPS) is 19.5. The maximum atomic E-state index is 10.1. The summed E-state index contributed by atoms with van der Waals surface area (Å²) >= 11 is 0. The van der Waals surface area contributed by atoms with Crippen LogP contribution in [0.4, 0.5) is 5.82 Å². The highest BCUT2D eigenvalue weighted by molar-refractivity contribution is 5.80. The van der Waals surface area contributed by atoms with Gasteiger partial charge in [0.2, 0.25) is 0 Å². The molecule has 1 atom stereocenters. The molecule has 1 aliphatic heterocycles. The molecule has 1 aromatic heterocycles. The van der Waals surface area contributed by atoms with E-state index >= 15 is 0 Å². The maximum absolute atomic E-state index is 10.1. The quantitative estimate of drug-likeness (QED) is 0.441. The van der Waals surface area contributed by atoms with Gasteiger partial charge in [0.05, 0.1) is 19.3 Å². The van der Waals surface area contributed by atoms with Crippen molar-refractivity contribution < 1.29 is 9.84 Å². The fourth-order valence-corrected chi connectivity index (χ4v) is 3.32. The lowest BCUT2D eigenvalue weighted by molar-refractivity contribution is 0.0368. The predicted molar refractivity (Wildman–Crippen MR) is 113 cm³/mol. The number of guanidine groups is 1. The summed E-state index contributed by atoms with van der Waals surface area (Å²) in [5, 5.41) is 16.9. The molecule has 2 fully saturated rings. The highest BCUT2D eigenvalue weighted by atomic mass is 16.5. The van der Waals surface area contributed by atoms with Crippen molar-refractivity contribution in [1.29, 1.82) is 0 Å². The zero-order valence-corrected chi connectivity index (χ0v) is 17.2. The average Bonchev–Trinajstić information content (AvgIpc) is 3.52. The number of aliphatic hydroxyl groups is 1. The maximum Gasteiger partial charge on any atom is 0.191 e. The van der Waals surface area contributed by atoms with Crippen LogP contribution in [0.3, 0.4) is 0 Å². The third-order valence-electron chi connectivity index (χ3n) is 5.22. The minimum absolute atomic E-state index is 0.353. The number of pyridine rings is 1. The number of ether oxygens (including phenoxy) is 1. The van der Waals surface area contributed by atoms with Crippen LogP contribution in [0, 0.1) is 12.8 Å². The van der Waals surface area contributed by atoms with Crippen molar-refractivity contribution in [2.75, 3.05) is 44.3 Å². The molecule has 3 rings (SSSR count). The third-order valence-corrected chi connectivity index (χ3v) is 5.22.